The van der Waals surface area contributed by atoms with Gasteiger partial charge in [-0.1, -0.05) is 30.3 Å². The number of hydrogen-bond acceptors (Lipinski definition) is 7. The minimum atomic E-state index is -1.02. The number of nitrogens with two attached hydrogens (primary N) is 1. The largest absolute Gasteiger partial charge is 0.382 e. The van der Waals surface area contributed by atoms with Crippen molar-refractivity contribution in [1.82, 2.24) is 24.8 Å². The smallest absolute Gasteiger partial charge is 0.274 e. The number of amides is 1. The van der Waals surface area contributed by atoms with Gasteiger partial charge in [0.15, 0.2) is 47.2 Å². The number of aryl methyl sites for hydroxylation is 1. The summed E-state index contributed by atoms with van der Waals surface area (Å²) in [5.41, 5.74) is 9.95. The van der Waals surface area contributed by atoms with Crippen LogP contribution in [-0.4, -0.2) is 25.4 Å². The lowest BCUT2D eigenvalue weighted by atomic mass is 10.1. The maximum Gasteiger partial charge on any atom is 0.274 e. The van der Waals surface area contributed by atoms with Crippen molar-refractivity contribution in [2.24, 2.45) is 7.05 Å². The maximum atomic E-state index is 13.7. The topological polar surface area (TPSA) is 138 Å². The van der Waals surface area contributed by atoms with E-state index in [9.17, 15) is 18.8 Å². The maximum absolute atomic E-state index is 13.7. The summed E-state index contributed by atoms with van der Waals surface area (Å²) in [6, 6.07) is 12.4. The summed E-state index contributed by atoms with van der Waals surface area (Å²) in [6.45, 7) is 1.94. The third kappa shape index (κ3) is 5.12. The van der Waals surface area contributed by atoms with Crippen LogP contribution >= 0.6 is 0 Å². The highest BCUT2D eigenvalue weighted by atomic mass is 19.2. The third-order valence-electron chi connectivity index (χ3n) is 6.42. The van der Waals surface area contributed by atoms with Crippen LogP contribution in [0.25, 0.3) is 16.6 Å². The van der Waals surface area contributed by atoms with E-state index in [0.717, 1.165) is 34.3 Å². The van der Waals surface area contributed by atoms with Crippen molar-refractivity contribution in [3.05, 3.63) is 101 Å². The summed E-state index contributed by atoms with van der Waals surface area (Å²) >= 11 is 0. The van der Waals surface area contributed by atoms with Gasteiger partial charge in [0.05, 0.1) is 30.2 Å². The molecule has 0 aliphatic rings. The van der Waals surface area contributed by atoms with Crippen LogP contribution in [-0.2, 0) is 13.6 Å². The van der Waals surface area contributed by atoms with Crippen LogP contribution in [0.15, 0.2) is 67.3 Å². The molecule has 1 atom stereocenters. The molecule has 0 unspecified atom stereocenters. The fourth-order valence-electron chi connectivity index (χ4n) is 4.32. The molecule has 0 aliphatic heterocycles. The molecular formula is C28H24F2N9O+. The molecule has 0 saturated heterocycles. The van der Waals surface area contributed by atoms with Crippen LogP contribution in [0.1, 0.15) is 40.3 Å². The summed E-state index contributed by atoms with van der Waals surface area (Å²) in [5.74, 6) is -2.03. The average molecular weight is 541 g/mol. The molecule has 5 aromatic rings. The fraction of sp³-hybridized carbons (Fsp3) is 0.143. The van der Waals surface area contributed by atoms with E-state index in [1.807, 2.05) is 59.0 Å². The molecule has 40 heavy (non-hydrogen) atoms. The fourth-order valence-corrected chi connectivity index (χ4v) is 4.32. The van der Waals surface area contributed by atoms with Crippen molar-refractivity contribution in [2.75, 3.05) is 11.1 Å². The summed E-state index contributed by atoms with van der Waals surface area (Å²) < 4.78 is 30.8. The second kappa shape index (κ2) is 10.7. The van der Waals surface area contributed by atoms with Gasteiger partial charge in [0.1, 0.15) is 6.07 Å². The number of fused-ring (bicyclic) bond motifs is 1. The van der Waals surface area contributed by atoms with E-state index < -0.39 is 23.6 Å². The molecule has 0 fully saturated rings. The molecule has 3 heterocycles. The van der Waals surface area contributed by atoms with Crippen molar-refractivity contribution < 1.29 is 18.3 Å². The third-order valence-corrected chi connectivity index (χ3v) is 6.42. The Morgan fingerprint density at radius 2 is 1.95 bits per heavy atom. The number of hydrogen-bond donors (Lipinski definition) is 3. The Labute approximate surface area is 227 Å². The molecule has 1 amide bonds. The van der Waals surface area contributed by atoms with Gasteiger partial charge in [0, 0.05) is 6.54 Å². The Morgan fingerprint density at radius 3 is 2.67 bits per heavy atom. The summed E-state index contributed by atoms with van der Waals surface area (Å²) in [7, 11) is 1.92. The van der Waals surface area contributed by atoms with Gasteiger partial charge in [-0.2, -0.15) is 5.26 Å². The molecular weight excluding hydrogens is 516 g/mol. The molecule has 0 saturated carbocycles. The highest BCUT2D eigenvalue weighted by molar-refractivity contribution is 5.97. The minimum Gasteiger partial charge on any atom is -0.382 e. The van der Waals surface area contributed by atoms with E-state index >= 15 is 0 Å². The molecule has 4 N–H and O–H groups in total. The molecule has 3 aromatic heterocycles. The van der Waals surface area contributed by atoms with Crippen LogP contribution < -0.4 is 21.0 Å². The molecule has 0 aliphatic carbocycles. The van der Waals surface area contributed by atoms with Gasteiger partial charge in [-0.05, 0) is 35.7 Å². The predicted molar refractivity (Wildman–Crippen MR) is 143 cm³/mol. The van der Waals surface area contributed by atoms with Crippen LogP contribution in [0.3, 0.4) is 0 Å². The Kier molecular flexibility index (Phi) is 7.03. The van der Waals surface area contributed by atoms with Crippen molar-refractivity contribution in [3.63, 3.8) is 0 Å². The van der Waals surface area contributed by atoms with Crippen molar-refractivity contribution >= 4 is 23.1 Å². The summed E-state index contributed by atoms with van der Waals surface area (Å²) in [5, 5.41) is 15.1. The number of nitrogens with zero attached hydrogens (tertiary/aromatic N) is 6. The summed E-state index contributed by atoms with van der Waals surface area (Å²) in [4.78, 5) is 25.6. The number of rotatable bonds is 7. The number of halogens is 2. The molecule has 2 aromatic carbocycles. The standard InChI is InChI=1S/C28H23F2N9O/c1-16(19-7-8-22(29)23(30)11-19)36-28(40)24-27(35-14-20(12-31)37-24)34-13-17-3-5-18(6-4-17)21-15-38(2)39-10-9-33-26(32)25(21)39/h3-11,14-16H,13H2,1-2H3,(H3-,32,33,34,35,36,40)/p+1/t16-/m0/s1. The molecule has 10 nitrogen and oxygen atoms in total. The first kappa shape index (κ1) is 26.2. The first-order chi connectivity index (χ1) is 19.2. The average Bonchev–Trinajstić information content (AvgIpc) is 3.31. The van der Waals surface area contributed by atoms with Gasteiger partial charge in [-0.15, -0.1) is 9.20 Å². The molecule has 200 valence electrons. The Morgan fingerprint density at radius 1 is 1.18 bits per heavy atom. The lowest BCUT2D eigenvalue weighted by Crippen LogP contribution is -2.33. The lowest BCUT2D eigenvalue weighted by Gasteiger charge is -2.16. The van der Waals surface area contributed by atoms with E-state index in [1.54, 1.807) is 13.1 Å². The number of carbonyl (C=O) groups is 1. The van der Waals surface area contributed by atoms with Crippen LogP contribution in [0.2, 0.25) is 0 Å². The van der Waals surface area contributed by atoms with Crippen LogP contribution in [0.5, 0.6) is 0 Å². The number of benzene rings is 2. The Balaban J connectivity index is 1.34. The van der Waals surface area contributed by atoms with Crippen molar-refractivity contribution in [2.45, 2.75) is 19.5 Å². The quantitative estimate of drug-likeness (QED) is 0.269. The zero-order valence-electron chi connectivity index (χ0n) is 21.6. The molecule has 0 radical (unpaired) electrons. The van der Waals surface area contributed by atoms with Crippen molar-refractivity contribution in [3.8, 4) is 17.2 Å². The van der Waals surface area contributed by atoms with Crippen molar-refractivity contribution in [1.29, 1.82) is 5.26 Å². The van der Waals surface area contributed by atoms with E-state index in [1.165, 1.54) is 12.3 Å². The first-order valence-corrected chi connectivity index (χ1v) is 12.2. The predicted octanol–water partition coefficient (Wildman–Crippen LogP) is 3.45. The molecule has 12 heteroatoms. The second-order valence-corrected chi connectivity index (χ2v) is 9.11. The monoisotopic (exact) mass is 540 g/mol. The van der Waals surface area contributed by atoms with Gasteiger partial charge >= 0.3 is 0 Å². The van der Waals surface area contributed by atoms with Gasteiger partial charge in [-0.3, -0.25) is 4.79 Å². The number of aromatic nitrogens is 5. The molecule has 0 bridgehead atoms. The minimum absolute atomic E-state index is 0.0396. The van der Waals surface area contributed by atoms with E-state index in [2.05, 4.69) is 25.6 Å². The number of nitrogen functional groups attached to an aromatic ring is 1. The van der Waals surface area contributed by atoms with Crippen LogP contribution in [0.4, 0.5) is 20.4 Å². The second-order valence-electron chi connectivity index (χ2n) is 9.11. The van der Waals surface area contributed by atoms with Crippen LogP contribution in [0, 0.1) is 23.0 Å². The SMILES string of the molecule is C[C@H](NC(=O)c1nc(C#N)cnc1NCc1ccc(-c2c[n+](C)n3ccnc(N)c23)cc1)c1ccc(F)c(F)c1. The van der Waals surface area contributed by atoms with Gasteiger partial charge in [0.25, 0.3) is 5.91 Å². The van der Waals surface area contributed by atoms with E-state index in [0.29, 0.717) is 17.9 Å². The number of nitriles is 1. The Bertz CT molecular complexity index is 1780. The molecule has 5 rings (SSSR count). The molecule has 0 spiro atoms. The van der Waals surface area contributed by atoms with E-state index in [4.69, 9.17) is 5.73 Å². The lowest BCUT2D eigenvalue weighted by molar-refractivity contribution is -0.737. The summed E-state index contributed by atoms with van der Waals surface area (Å²) in [6.07, 6.45) is 6.71. The van der Waals surface area contributed by atoms with Gasteiger partial charge < -0.3 is 16.4 Å². The highest BCUT2D eigenvalue weighted by Gasteiger charge is 2.20. The highest BCUT2D eigenvalue weighted by Crippen LogP contribution is 2.27. The zero-order chi connectivity index (χ0) is 28.4. The van der Waals surface area contributed by atoms with Gasteiger partial charge in [0.2, 0.25) is 6.20 Å². The van der Waals surface area contributed by atoms with E-state index in [-0.39, 0.29) is 17.2 Å². The number of carbonyl (C=O) groups excluding carboxylic acids is 1. The Hall–Kier alpha value is -5.44. The zero-order valence-corrected chi connectivity index (χ0v) is 21.6. The first-order valence-electron chi connectivity index (χ1n) is 12.2. The van der Waals surface area contributed by atoms with Gasteiger partial charge in [-0.25, -0.2) is 23.7 Å². The number of anilines is 2. The normalized spacial score (nSPS) is 11.7. The number of nitrogens with one attached hydrogen (secondary N) is 2.